The largest absolute Gasteiger partial charge is 0.322 e. The molecule has 0 fully saturated rings. The van der Waals surface area contributed by atoms with Crippen molar-refractivity contribution < 1.29 is 18.4 Å². The molecular formula is C12H14F2N2O2. The first kappa shape index (κ1) is 14.1. The number of nitrogens with one attached hydrogen (secondary N) is 1. The molecule has 0 spiro atoms. The molecule has 0 unspecified atom stereocenters. The first-order valence-corrected chi connectivity index (χ1v) is 5.31. The van der Waals surface area contributed by atoms with Gasteiger partial charge in [-0.25, -0.2) is 13.6 Å². The summed E-state index contributed by atoms with van der Waals surface area (Å²) in [4.78, 5) is 23.5. The molecule has 4 nitrogen and oxygen atoms in total. The van der Waals surface area contributed by atoms with Gasteiger partial charge in [0.25, 0.3) is 6.43 Å². The summed E-state index contributed by atoms with van der Waals surface area (Å²) in [6, 6.07) is 5.66. The van der Waals surface area contributed by atoms with Gasteiger partial charge in [0, 0.05) is 18.3 Å². The number of benzene rings is 1. The number of carbonyl (C=O) groups excluding carboxylic acids is 2. The van der Waals surface area contributed by atoms with Gasteiger partial charge in [0.2, 0.25) is 0 Å². The van der Waals surface area contributed by atoms with Gasteiger partial charge in [-0.3, -0.25) is 4.79 Å². The quantitative estimate of drug-likeness (QED) is 0.842. The maximum Gasteiger partial charge on any atom is 0.321 e. The number of ketones is 1. The van der Waals surface area contributed by atoms with E-state index in [9.17, 15) is 18.4 Å². The van der Waals surface area contributed by atoms with E-state index < -0.39 is 19.0 Å². The summed E-state index contributed by atoms with van der Waals surface area (Å²) in [5, 5.41) is 2.44. The fourth-order valence-corrected chi connectivity index (χ4v) is 1.32. The predicted molar refractivity (Wildman–Crippen MR) is 64.1 cm³/mol. The summed E-state index contributed by atoms with van der Waals surface area (Å²) in [5.41, 5.74) is 0.845. The van der Waals surface area contributed by atoms with Crippen molar-refractivity contribution in [1.29, 1.82) is 0 Å². The highest BCUT2D eigenvalue weighted by Crippen LogP contribution is 2.12. The van der Waals surface area contributed by atoms with Gasteiger partial charge in [-0.05, 0) is 19.1 Å². The van der Waals surface area contributed by atoms with Gasteiger partial charge in [-0.15, -0.1) is 0 Å². The van der Waals surface area contributed by atoms with Crippen LogP contribution in [0.25, 0.3) is 0 Å². The smallest absolute Gasteiger partial charge is 0.321 e. The van der Waals surface area contributed by atoms with Crippen LogP contribution in [-0.4, -0.2) is 36.7 Å². The Morgan fingerprint density at radius 1 is 1.39 bits per heavy atom. The first-order valence-electron chi connectivity index (χ1n) is 5.31. The Morgan fingerprint density at radius 2 is 2.06 bits per heavy atom. The van der Waals surface area contributed by atoms with Crippen LogP contribution < -0.4 is 5.32 Å². The van der Waals surface area contributed by atoms with Crippen LogP contribution in [0.15, 0.2) is 24.3 Å². The van der Waals surface area contributed by atoms with Crippen LogP contribution in [0.1, 0.15) is 17.3 Å². The molecule has 18 heavy (non-hydrogen) atoms. The number of hydrogen-bond donors (Lipinski definition) is 1. The van der Waals surface area contributed by atoms with Crippen molar-refractivity contribution in [3.63, 3.8) is 0 Å². The van der Waals surface area contributed by atoms with E-state index in [1.165, 1.54) is 20.0 Å². The van der Waals surface area contributed by atoms with E-state index in [1.54, 1.807) is 18.2 Å². The van der Waals surface area contributed by atoms with E-state index in [-0.39, 0.29) is 5.78 Å². The topological polar surface area (TPSA) is 49.4 Å². The zero-order valence-electron chi connectivity index (χ0n) is 10.1. The Kier molecular flexibility index (Phi) is 4.76. The lowest BCUT2D eigenvalue weighted by Crippen LogP contribution is -2.34. The van der Waals surface area contributed by atoms with E-state index in [2.05, 4.69) is 5.32 Å². The molecule has 0 aliphatic rings. The molecule has 2 amide bonds. The van der Waals surface area contributed by atoms with Gasteiger partial charge < -0.3 is 10.2 Å². The van der Waals surface area contributed by atoms with Crippen molar-refractivity contribution in [2.24, 2.45) is 0 Å². The molecule has 1 aromatic carbocycles. The molecule has 0 bridgehead atoms. The molecule has 0 saturated carbocycles. The minimum atomic E-state index is -2.58. The number of alkyl halides is 2. The van der Waals surface area contributed by atoms with Crippen molar-refractivity contribution in [1.82, 2.24) is 4.90 Å². The van der Waals surface area contributed by atoms with Crippen LogP contribution >= 0.6 is 0 Å². The van der Waals surface area contributed by atoms with E-state index in [1.807, 2.05) is 0 Å². The maximum atomic E-state index is 12.1. The van der Waals surface area contributed by atoms with Gasteiger partial charge >= 0.3 is 6.03 Å². The highest BCUT2D eigenvalue weighted by Gasteiger charge is 2.14. The van der Waals surface area contributed by atoms with Crippen LogP contribution in [0.4, 0.5) is 19.3 Å². The number of carbonyl (C=O) groups is 2. The minimum absolute atomic E-state index is 0.132. The lowest BCUT2D eigenvalue weighted by atomic mass is 10.1. The molecule has 0 atom stereocenters. The molecule has 0 radical (unpaired) electrons. The van der Waals surface area contributed by atoms with Gasteiger partial charge in [-0.2, -0.15) is 0 Å². The number of urea groups is 1. The maximum absolute atomic E-state index is 12.1. The highest BCUT2D eigenvalue weighted by molar-refractivity contribution is 5.96. The summed E-state index contributed by atoms with van der Waals surface area (Å²) in [5.74, 6) is -0.132. The van der Waals surface area contributed by atoms with Crippen LogP contribution in [0.5, 0.6) is 0 Å². The summed E-state index contributed by atoms with van der Waals surface area (Å²) in [6.07, 6.45) is -2.58. The Balaban J connectivity index is 2.70. The number of nitrogens with zero attached hydrogens (tertiary/aromatic N) is 1. The average Bonchev–Trinajstić information content (AvgIpc) is 2.28. The van der Waals surface area contributed by atoms with Crippen molar-refractivity contribution in [2.75, 3.05) is 18.9 Å². The van der Waals surface area contributed by atoms with Crippen molar-refractivity contribution in [2.45, 2.75) is 13.3 Å². The Hall–Kier alpha value is -1.98. The Labute approximate surface area is 104 Å². The number of Topliss-reactive ketones (excluding diaryl/α,β-unsaturated/α-hetero) is 1. The molecule has 0 aliphatic heterocycles. The summed E-state index contributed by atoms with van der Waals surface area (Å²) in [7, 11) is 1.27. The second-order valence-corrected chi connectivity index (χ2v) is 3.84. The van der Waals surface area contributed by atoms with Crippen molar-refractivity contribution in [3.05, 3.63) is 29.8 Å². The van der Waals surface area contributed by atoms with Crippen molar-refractivity contribution >= 4 is 17.5 Å². The SMILES string of the molecule is CC(=O)c1cccc(NC(=O)N(C)CC(F)F)c1. The fraction of sp³-hybridized carbons (Fsp3) is 0.333. The van der Waals surface area contributed by atoms with E-state index in [0.29, 0.717) is 11.3 Å². The molecule has 1 rings (SSSR count). The van der Waals surface area contributed by atoms with Gasteiger partial charge in [-0.1, -0.05) is 12.1 Å². The van der Waals surface area contributed by atoms with Gasteiger partial charge in [0.05, 0.1) is 6.54 Å². The van der Waals surface area contributed by atoms with Crippen molar-refractivity contribution in [3.8, 4) is 0 Å². The fourth-order valence-electron chi connectivity index (χ4n) is 1.32. The normalized spacial score (nSPS) is 10.3. The van der Waals surface area contributed by atoms with Gasteiger partial charge in [0.15, 0.2) is 5.78 Å². The van der Waals surface area contributed by atoms with E-state index in [0.717, 1.165) is 4.90 Å². The monoisotopic (exact) mass is 256 g/mol. The minimum Gasteiger partial charge on any atom is -0.322 e. The molecule has 1 N–H and O–H groups in total. The van der Waals surface area contributed by atoms with Crippen LogP contribution in [0.2, 0.25) is 0 Å². The van der Waals surface area contributed by atoms with E-state index in [4.69, 9.17) is 0 Å². The molecule has 6 heteroatoms. The lowest BCUT2D eigenvalue weighted by molar-refractivity contribution is 0.101. The third-order valence-electron chi connectivity index (χ3n) is 2.28. The van der Waals surface area contributed by atoms with Crippen LogP contribution in [-0.2, 0) is 0 Å². The zero-order valence-corrected chi connectivity index (χ0v) is 10.1. The van der Waals surface area contributed by atoms with Crippen LogP contribution in [0, 0.1) is 0 Å². The number of halogens is 2. The molecule has 0 saturated heterocycles. The number of anilines is 1. The molecule has 1 aromatic rings. The summed E-state index contributed by atoms with van der Waals surface area (Å²) >= 11 is 0. The zero-order chi connectivity index (χ0) is 13.7. The molecule has 98 valence electrons. The molecular weight excluding hydrogens is 242 g/mol. The molecule has 0 heterocycles. The third-order valence-corrected chi connectivity index (χ3v) is 2.28. The number of hydrogen-bond acceptors (Lipinski definition) is 2. The number of amides is 2. The third kappa shape index (κ3) is 4.12. The second-order valence-electron chi connectivity index (χ2n) is 3.84. The molecule has 0 aliphatic carbocycles. The second kappa shape index (κ2) is 6.09. The van der Waals surface area contributed by atoms with Gasteiger partial charge in [0.1, 0.15) is 0 Å². The highest BCUT2D eigenvalue weighted by atomic mass is 19.3. The summed E-state index contributed by atoms with van der Waals surface area (Å²) in [6.45, 7) is 0.766. The number of rotatable bonds is 4. The lowest BCUT2D eigenvalue weighted by Gasteiger charge is -2.17. The summed E-state index contributed by atoms with van der Waals surface area (Å²) < 4.78 is 24.2. The first-order chi connectivity index (χ1) is 8.40. The van der Waals surface area contributed by atoms with E-state index >= 15 is 0 Å². The predicted octanol–water partition coefficient (Wildman–Crippen LogP) is 2.62. The Bertz CT molecular complexity index is 449. The van der Waals surface area contributed by atoms with Crippen LogP contribution in [0.3, 0.4) is 0 Å². The molecule has 0 aromatic heterocycles. The average molecular weight is 256 g/mol. The Morgan fingerprint density at radius 3 is 2.61 bits per heavy atom. The standard InChI is InChI=1S/C12H14F2N2O2/c1-8(17)9-4-3-5-10(6-9)15-12(18)16(2)7-11(13)14/h3-6,11H,7H2,1-2H3,(H,15,18).